The first kappa shape index (κ1) is 47.6. The first-order valence-electron chi connectivity index (χ1n) is 20.6. The average Bonchev–Trinajstić information content (AvgIpc) is 3.24. The van der Waals surface area contributed by atoms with Gasteiger partial charge in [-0.15, -0.1) is 0 Å². The highest BCUT2D eigenvalue weighted by Crippen LogP contribution is 2.45. The predicted octanol–water partition coefficient (Wildman–Crippen LogP) is -1.07. The van der Waals surface area contributed by atoms with E-state index in [1.807, 2.05) is 0 Å². The zero-order valence-electron chi connectivity index (χ0n) is 34.8. The number of hydrogen-bond donors (Lipinski definition) is 0. The normalized spacial score (nSPS) is 35.4. The van der Waals surface area contributed by atoms with E-state index >= 15 is 0 Å². The number of methoxy groups -OCH3 is 4. The molecule has 0 N–H and O–H groups in total. The van der Waals surface area contributed by atoms with Crippen LogP contribution in [-0.2, 0) is 99.5 Å². The van der Waals surface area contributed by atoms with Crippen LogP contribution in [0.3, 0.4) is 0 Å². The molecule has 2 saturated carbocycles. The second-order valence-corrected chi connectivity index (χ2v) is 14.2. The van der Waals surface area contributed by atoms with Crippen molar-refractivity contribution in [2.45, 2.75) is 86.2 Å². The van der Waals surface area contributed by atoms with E-state index < -0.39 is 86.2 Å². The lowest BCUT2D eigenvalue weighted by Crippen LogP contribution is -2.76. The zero-order valence-corrected chi connectivity index (χ0v) is 34.8. The van der Waals surface area contributed by atoms with Gasteiger partial charge in [0.1, 0.15) is 73.2 Å². The van der Waals surface area contributed by atoms with Gasteiger partial charge in [-0.25, -0.2) is 0 Å². The first-order chi connectivity index (χ1) is 29.2. The second kappa shape index (κ2) is 26.7. The highest BCUT2D eigenvalue weighted by atomic mass is 16.9. The lowest BCUT2D eigenvalue weighted by Gasteiger charge is -2.58. The molecule has 0 aromatic rings. The summed E-state index contributed by atoms with van der Waals surface area (Å²) in [4.78, 5) is 0. The molecule has 2 aliphatic carbocycles. The van der Waals surface area contributed by atoms with Crippen molar-refractivity contribution in [3.63, 3.8) is 0 Å². The van der Waals surface area contributed by atoms with Crippen molar-refractivity contribution in [3.05, 3.63) is 0 Å². The van der Waals surface area contributed by atoms with Gasteiger partial charge in [0.05, 0.1) is 132 Å². The third kappa shape index (κ3) is 13.6. The lowest BCUT2D eigenvalue weighted by molar-refractivity contribution is -0.488. The molecule has 8 rings (SSSR count). The van der Waals surface area contributed by atoms with Crippen LogP contribution in [0.25, 0.3) is 0 Å². The van der Waals surface area contributed by atoms with E-state index in [9.17, 15) is 0 Å². The fraction of sp³-hybridized carbons (Fsp3) is 1.00. The molecule has 6 heterocycles. The van der Waals surface area contributed by atoms with Crippen molar-refractivity contribution >= 4 is 0 Å². The summed E-state index contributed by atoms with van der Waals surface area (Å²) in [7, 11) is 6.51. The van der Waals surface area contributed by atoms with Crippen LogP contribution in [-0.4, -0.2) is 247 Å². The summed E-state index contributed by atoms with van der Waals surface area (Å²) >= 11 is 0. The van der Waals surface area contributed by atoms with Crippen molar-refractivity contribution in [1.82, 2.24) is 0 Å². The SMILES string of the molecule is COCCOCCOC1C2OC3OC1C(OCCOCCOC1C4OC5OC(C4OCCOCCOC)C(OCCOCCOC)[C@H]1O5)C(O3)C2OCCOCCOC. The van der Waals surface area contributed by atoms with E-state index in [2.05, 4.69) is 0 Å². The van der Waals surface area contributed by atoms with Crippen molar-refractivity contribution < 1.29 is 99.5 Å². The Morgan fingerprint density at radius 3 is 0.576 bits per heavy atom. The van der Waals surface area contributed by atoms with Crippen molar-refractivity contribution in [2.24, 2.45) is 0 Å². The number of ether oxygens (including phenoxy) is 21. The van der Waals surface area contributed by atoms with Gasteiger partial charge in [0.2, 0.25) is 0 Å². The topological polar surface area (TPSA) is 194 Å². The van der Waals surface area contributed by atoms with Gasteiger partial charge in [0, 0.05) is 28.4 Å². The lowest BCUT2D eigenvalue weighted by atomic mass is 9.82. The van der Waals surface area contributed by atoms with Crippen LogP contribution in [0.5, 0.6) is 0 Å². The average molecular weight is 859 g/mol. The maximum Gasteiger partial charge on any atom is 0.272 e. The van der Waals surface area contributed by atoms with E-state index in [0.717, 1.165) is 0 Å². The van der Waals surface area contributed by atoms with Crippen molar-refractivity contribution in [3.8, 4) is 0 Å². The quantitative estimate of drug-likeness (QED) is 0.0691. The minimum absolute atomic E-state index is 0.257. The summed E-state index contributed by atoms with van der Waals surface area (Å²) in [6.45, 7) is 6.12. The Balaban J connectivity index is 0.971. The molecule has 8 fully saturated rings. The third-order valence-electron chi connectivity index (χ3n) is 10.5. The molecule has 21 nitrogen and oxygen atoms in total. The van der Waals surface area contributed by atoms with Gasteiger partial charge in [-0.3, -0.25) is 0 Å². The van der Waals surface area contributed by atoms with E-state index in [1.165, 1.54) is 0 Å². The van der Waals surface area contributed by atoms with Crippen LogP contribution in [0, 0.1) is 0 Å². The minimum atomic E-state index is -0.831. The maximum atomic E-state index is 6.39. The monoisotopic (exact) mass is 858 g/mol. The predicted molar refractivity (Wildman–Crippen MR) is 197 cm³/mol. The fourth-order valence-corrected chi connectivity index (χ4v) is 7.81. The molecule has 0 amide bonds. The summed E-state index contributed by atoms with van der Waals surface area (Å²) in [6, 6.07) is 0. The minimum Gasteiger partial charge on any atom is -0.382 e. The molecule has 344 valence electrons. The van der Waals surface area contributed by atoms with E-state index in [-0.39, 0.29) is 26.4 Å². The van der Waals surface area contributed by atoms with E-state index in [4.69, 9.17) is 99.5 Å². The fourth-order valence-electron chi connectivity index (χ4n) is 7.81. The molecule has 0 radical (unpaired) electrons. The Bertz CT molecular complexity index is 964. The molecule has 0 spiro atoms. The van der Waals surface area contributed by atoms with Crippen LogP contribution in [0.1, 0.15) is 0 Å². The largest absolute Gasteiger partial charge is 0.382 e. The molecule has 11 atom stereocenters. The molecule has 6 saturated heterocycles. The zero-order chi connectivity index (χ0) is 41.1. The third-order valence-corrected chi connectivity index (χ3v) is 10.5. The van der Waals surface area contributed by atoms with Crippen LogP contribution >= 0.6 is 0 Å². The van der Waals surface area contributed by atoms with Gasteiger partial charge in [-0.05, 0) is 0 Å². The Hall–Kier alpha value is -0.840. The van der Waals surface area contributed by atoms with Crippen LogP contribution < -0.4 is 0 Å². The second-order valence-electron chi connectivity index (χ2n) is 14.2. The van der Waals surface area contributed by atoms with Crippen LogP contribution in [0.2, 0.25) is 0 Å². The highest BCUT2D eigenvalue weighted by molar-refractivity contribution is 5.09. The highest BCUT2D eigenvalue weighted by Gasteiger charge is 2.65. The molecule has 8 aliphatic rings. The summed E-state index contributed by atoms with van der Waals surface area (Å²) < 4.78 is 123. The van der Waals surface area contributed by atoms with Gasteiger partial charge >= 0.3 is 0 Å². The van der Waals surface area contributed by atoms with Crippen molar-refractivity contribution in [1.29, 1.82) is 0 Å². The summed E-state index contributed by atoms with van der Waals surface area (Å²) in [6.07, 6.45) is -5.53. The van der Waals surface area contributed by atoms with Gasteiger partial charge in [-0.2, -0.15) is 0 Å². The molecule has 8 bridgehead atoms. The molecular weight excluding hydrogens is 792 g/mol. The Kier molecular flexibility index (Phi) is 21.6. The van der Waals surface area contributed by atoms with Gasteiger partial charge < -0.3 is 99.5 Å². The molecular formula is C38H66O21. The van der Waals surface area contributed by atoms with Gasteiger partial charge in [-0.1, -0.05) is 0 Å². The molecule has 21 heteroatoms. The number of hydrogen-bond acceptors (Lipinski definition) is 21. The van der Waals surface area contributed by atoms with Crippen LogP contribution in [0.4, 0.5) is 0 Å². The molecule has 0 aromatic carbocycles. The standard InChI is InChI=1S/C38H66O21/c1-39-5-9-43-13-19-48-25-31-26(49-20-14-44-10-6-40-2)34-29(33(25)56-37(54-31)57-34)52-23-17-47-18-24-53-30-35-27(50-21-15-45-11-7-41-3)32-28(36(30)59-38(55-32)58-35)51-22-16-46-12-8-42-4/h25-38H,5-24H2,1-4H3/t25?,26?,27?,28?,29?,30?,31?,32?,33-,34?,35?,36?,37?,38?/m1/s1. The Morgan fingerprint density at radius 2 is 0.407 bits per heavy atom. The molecule has 10 unspecified atom stereocenters. The summed E-state index contributed by atoms with van der Waals surface area (Å²) in [5, 5.41) is 0. The Labute approximate surface area is 346 Å². The maximum absolute atomic E-state index is 6.39. The molecule has 59 heavy (non-hydrogen) atoms. The van der Waals surface area contributed by atoms with Gasteiger partial charge in [0.15, 0.2) is 0 Å². The molecule has 6 aliphatic heterocycles. The van der Waals surface area contributed by atoms with E-state index in [0.29, 0.717) is 106 Å². The Morgan fingerprint density at radius 1 is 0.237 bits per heavy atom. The van der Waals surface area contributed by atoms with Crippen LogP contribution in [0.15, 0.2) is 0 Å². The molecule has 0 aromatic heterocycles. The smallest absolute Gasteiger partial charge is 0.272 e. The van der Waals surface area contributed by atoms with Gasteiger partial charge in [0.25, 0.3) is 13.0 Å². The van der Waals surface area contributed by atoms with Crippen molar-refractivity contribution in [2.75, 3.05) is 161 Å². The summed E-state index contributed by atoms with van der Waals surface area (Å²) in [5.41, 5.74) is 0. The first-order valence-corrected chi connectivity index (χ1v) is 20.6. The van der Waals surface area contributed by atoms with E-state index in [1.54, 1.807) is 28.4 Å². The summed E-state index contributed by atoms with van der Waals surface area (Å²) in [5.74, 6) is 0. The number of rotatable bonds is 36.